The standard InChI is InChI=1S/C58H41BN4S/c1-58(2,3)36-31-32-47-45(33-36)59-44-25-16-28-49-56(44)63(48-27-14-23-42-40-21-10-12-26-46(40)62(49)55(42)48)52-35-39(60(37-17-6-4-7-18-37)38-19-8-5-9-20-38)34-51(54(52)59)61(47)50-29-15-24-43-41-22-11-13-30-53(41)64-57(43)50/h4-35H,1-3H3/i4D,5D,6D,7D,8D,9D,10D,11D,12D,13D,14D,15D,16D,17D,18D,19D,20D,21D,22D,23D,24D,25D,26D,27D,28D,29D,30D,31D,32D,33D,34D,35D. The maximum absolute atomic E-state index is 11.1. The number of thiophene rings is 1. The number of rotatable bonds is 4. The molecule has 0 bridgehead atoms. The fourth-order valence-corrected chi connectivity index (χ4v) is 10.0. The molecule has 0 N–H and O–H groups in total. The average Bonchev–Trinajstić information content (AvgIpc) is 1.12. The van der Waals surface area contributed by atoms with E-state index >= 15 is 0 Å². The van der Waals surface area contributed by atoms with Crippen LogP contribution >= 0.6 is 11.3 Å². The summed E-state index contributed by atoms with van der Waals surface area (Å²) in [4.78, 5) is 2.34. The summed E-state index contributed by atoms with van der Waals surface area (Å²) < 4.78 is 306. The van der Waals surface area contributed by atoms with Gasteiger partial charge in [-0.15, -0.1) is 11.3 Å². The van der Waals surface area contributed by atoms with E-state index in [0.29, 0.717) is 16.2 Å². The van der Waals surface area contributed by atoms with Crippen LogP contribution in [0.1, 0.15) is 70.2 Å². The highest BCUT2D eigenvalue weighted by Gasteiger charge is 2.47. The molecular weight excluding hydrogens is 796 g/mol. The Kier molecular flexibility index (Phi) is 3.43. The van der Waals surface area contributed by atoms with Crippen molar-refractivity contribution in [3.63, 3.8) is 0 Å². The van der Waals surface area contributed by atoms with Crippen LogP contribution in [0.3, 0.4) is 0 Å². The maximum Gasteiger partial charge on any atom is 0.252 e. The van der Waals surface area contributed by atoms with E-state index in [1.54, 1.807) is 20.8 Å². The quantitative estimate of drug-likeness (QED) is 0.164. The molecule has 0 saturated heterocycles. The van der Waals surface area contributed by atoms with E-state index in [0.717, 1.165) is 14.4 Å². The van der Waals surface area contributed by atoms with Crippen molar-refractivity contribution in [2.75, 3.05) is 14.7 Å². The second-order valence-corrected chi connectivity index (χ2v) is 17.1. The minimum absolute atomic E-state index is 0.177. The van der Waals surface area contributed by atoms with Crippen LogP contribution in [0.4, 0.5) is 51.2 Å². The van der Waals surface area contributed by atoms with Crippen LogP contribution in [0.5, 0.6) is 0 Å². The summed E-state index contributed by atoms with van der Waals surface area (Å²) >= 11 is 0.552. The number of anilines is 9. The van der Waals surface area contributed by atoms with Crippen LogP contribution < -0.4 is 31.1 Å². The summed E-state index contributed by atoms with van der Waals surface area (Å²) in [5.74, 6) is 0. The Hall–Kier alpha value is -7.54. The van der Waals surface area contributed by atoms with Crippen LogP contribution in [0.15, 0.2) is 193 Å². The van der Waals surface area contributed by atoms with Crippen molar-refractivity contribution in [1.82, 2.24) is 4.57 Å². The first-order valence-electron chi connectivity index (χ1n) is 35.7. The molecule has 302 valence electrons. The molecule has 0 spiro atoms. The van der Waals surface area contributed by atoms with Crippen molar-refractivity contribution in [3.05, 3.63) is 199 Å². The molecule has 3 aliphatic rings. The Morgan fingerprint density at radius 1 is 0.484 bits per heavy atom. The van der Waals surface area contributed by atoms with Gasteiger partial charge in [0, 0.05) is 54.7 Å². The van der Waals surface area contributed by atoms with Crippen LogP contribution in [-0.4, -0.2) is 11.3 Å². The van der Waals surface area contributed by atoms with E-state index in [1.165, 1.54) is 0 Å². The highest BCUT2D eigenvalue weighted by atomic mass is 32.1. The maximum atomic E-state index is 11.1. The third kappa shape index (κ3) is 4.83. The largest absolute Gasteiger partial charge is 0.310 e. The van der Waals surface area contributed by atoms with Crippen LogP contribution in [0, 0.1) is 0 Å². The molecule has 0 unspecified atom stereocenters. The highest BCUT2D eigenvalue weighted by Crippen LogP contribution is 2.55. The normalized spacial score (nSPS) is 20.5. The van der Waals surface area contributed by atoms with E-state index in [-0.39, 0.29) is 20.3 Å². The minimum atomic E-state index is -2.03. The van der Waals surface area contributed by atoms with Gasteiger partial charge in [0.05, 0.1) is 88.0 Å². The van der Waals surface area contributed by atoms with Gasteiger partial charge in [0.2, 0.25) is 0 Å². The minimum Gasteiger partial charge on any atom is -0.310 e. The molecule has 11 aromatic rings. The molecule has 0 atom stereocenters. The lowest BCUT2D eigenvalue weighted by atomic mass is 9.33. The van der Waals surface area contributed by atoms with Crippen molar-refractivity contribution in [1.29, 1.82) is 0 Å². The van der Waals surface area contributed by atoms with Gasteiger partial charge in [-0.3, -0.25) is 0 Å². The van der Waals surface area contributed by atoms with E-state index in [4.69, 9.17) is 15.1 Å². The Balaban J connectivity index is 1.35. The monoisotopic (exact) mass is 869 g/mol. The molecule has 4 nitrogen and oxygen atoms in total. The fourth-order valence-electron chi connectivity index (χ4n) is 8.98. The zero-order valence-corrected chi connectivity index (χ0v) is 34.1. The lowest BCUT2D eigenvalue weighted by molar-refractivity contribution is 0.591. The van der Waals surface area contributed by atoms with Gasteiger partial charge < -0.3 is 19.3 Å². The Morgan fingerprint density at radius 2 is 1.11 bits per heavy atom. The first kappa shape index (κ1) is 16.9. The number of aromatic nitrogens is 1. The number of fused-ring (bicyclic) bond motifs is 12. The molecular formula is C58H41BN4S. The SMILES string of the molecule is [2H]c1c([2H])c([2H])c(N(c2c([2H])c([2H])c([2H])c([2H])c2[2H])c2c([2H])c3c4c(c2[2H])N2c5c(c([2H])c([2H])c([2H])c5-n5c6c([2H])c([2H])c([2H])c([2H])c6c6c([2H])c([2H])c([2H])c2c65)B4c2c([2H])c(C(C)(C)C)c([2H])c([2H])c2N3c2c([2H])c([2H])c([2H])c3c2sc2c([2H])c([2H])c([2H])c([2H])c23)c([2H])c1[2H]. The van der Waals surface area contributed by atoms with Crippen LogP contribution in [0.2, 0.25) is 0 Å². The van der Waals surface area contributed by atoms with Crippen molar-refractivity contribution >= 4 is 128 Å². The first-order valence-corrected chi connectivity index (χ1v) is 20.5. The molecule has 0 amide bonds. The topological polar surface area (TPSA) is 14.7 Å². The van der Waals surface area contributed by atoms with Gasteiger partial charge in [-0.05, 0) is 99.9 Å². The summed E-state index contributed by atoms with van der Waals surface area (Å²) in [5.41, 5.74) is -11.7. The number of hydrogen-bond acceptors (Lipinski definition) is 4. The van der Waals surface area contributed by atoms with Gasteiger partial charge in [-0.2, -0.15) is 0 Å². The van der Waals surface area contributed by atoms with Gasteiger partial charge in [0.1, 0.15) is 0 Å². The summed E-state index contributed by atoms with van der Waals surface area (Å²) in [6.45, 7) is 2.76. The average molecular weight is 869 g/mol. The lowest BCUT2D eigenvalue weighted by Crippen LogP contribution is -2.62. The van der Waals surface area contributed by atoms with E-state index in [9.17, 15) is 28.8 Å². The third-order valence-corrected chi connectivity index (χ3v) is 12.7. The van der Waals surface area contributed by atoms with Gasteiger partial charge in [0.15, 0.2) is 0 Å². The molecule has 0 saturated carbocycles. The molecule has 2 aromatic heterocycles. The Bertz CT molecular complexity index is 5530. The molecule has 14 rings (SSSR count). The molecule has 9 aromatic carbocycles. The molecule has 0 radical (unpaired) electrons. The smallest absolute Gasteiger partial charge is 0.252 e. The zero-order valence-electron chi connectivity index (χ0n) is 65.3. The van der Waals surface area contributed by atoms with Gasteiger partial charge in [-0.1, -0.05) is 142 Å². The predicted molar refractivity (Wildman–Crippen MR) is 275 cm³/mol. The van der Waals surface area contributed by atoms with Crippen molar-refractivity contribution in [3.8, 4) is 5.69 Å². The van der Waals surface area contributed by atoms with Crippen LogP contribution in [0.25, 0.3) is 47.7 Å². The number of para-hydroxylation sites is 5. The van der Waals surface area contributed by atoms with Crippen molar-refractivity contribution in [2.24, 2.45) is 0 Å². The van der Waals surface area contributed by atoms with E-state index in [2.05, 4.69) is 0 Å². The second-order valence-electron chi connectivity index (χ2n) is 16.1. The third-order valence-electron chi connectivity index (χ3n) is 11.6. The molecule has 64 heavy (non-hydrogen) atoms. The molecule has 5 heterocycles. The van der Waals surface area contributed by atoms with Crippen molar-refractivity contribution < 1.29 is 43.9 Å². The molecule has 3 aliphatic heterocycles. The van der Waals surface area contributed by atoms with Crippen molar-refractivity contribution in [2.45, 2.75) is 26.2 Å². The predicted octanol–water partition coefficient (Wildman–Crippen LogP) is 14.3. The molecule has 0 aliphatic carbocycles. The highest BCUT2D eigenvalue weighted by molar-refractivity contribution is 7.26. The summed E-state index contributed by atoms with van der Waals surface area (Å²) in [7, 11) is 0. The van der Waals surface area contributed by atoms with E-state index in [1.807, 2.05) is 0 Å². The Labute approximate surface area is 421 Å². The first-order chi connectivity index (χ1) is 44.7. The summed E-state index contributed by atoms with van der Waals surface area (Å²) in [5, 5.41) is -1.65. The molecule has 6 heteroatoms. The number of nitrogens with zero attached hydrogens (tertiary/aromatic N) is 4. The Morgan fingerprint density at radius 3 is 1.88 bits per heavy atom. The summed E-state index contributed by atoms with van der Waals surface area (Å²) in [6, 6.07) is -30.0. The molecule has 0 fully saturated rings. The lowest BCUT2D eigenvalue weighted by Gasteiger charge is -2.47. The summed E-state index contributed by atoms with van der Waals surface area (Å²) in [6.07, 6.45) is 0. The number of hydrogen-bond donors (Lipinski definition) is 0. The number of benzene rings is 9. The van der Waals surface area contributed by atoms with Gasteiger partial charge in [0.25, 0.3) is 6.71 Å². The van der Waals surface area contributed by atoms with Gasteiger partial charge in [-0.25, -0.2) is 0 Å². The second kappa shape index (κ2) is 13.0. The van der Waals surface area contributed by atoms with Crippen LogP contribution in [-0.2, 0) is 5.41 Å². The van der Waals surface area contributed by atoms with E-state index < -0.39 is 306 Å². The zero-order chi connectivity index (χ0) is 70.3. The van der Waals surface area contributed by atoms with Gasteiger partial charge >= 0.3 is 0 Å². The fraction of sp³-hybridized carbons (Fsp3) is 0.0690.